The van der Waals surface area contributed by atoms with E-state index < -0.39 is 0 Å². The fourth-order valence-electron chi connectivity index (χ4n) is 3.09. The molecule has 19 heavy (non-hydrogen) atoms. The molecule has 1 amide bonds. The Labute approximate surface area is 117 Å². The van der Waals surface area contributed by atoms with Gasteiger partial charge in [-0.3, -0.25) is 9.69 Å². The summed E-state index contributed by atoms with van der Waals surface area (Å²) in [6.07, 6.45) is 3.36. The fourth-order valence-corrected chi connectivity index (χ4v) is 3.09. The highest BCUT2D eigenvalue weighted by Crippen LogP contribution is 2.26. The van der Waals surface area contributed by atoms with Gasteiger partial charge in [-0.15, -0.1) is 0 Å². The maximum atomic E-state index is 12.5. The van der Waals surface area contributed by atoms with E-state index in [1.807, 2.05) is 0 Å². The molecule has 2 heterocycles. The molecular formula is C15H28N2O2. The SMILES string of the molecule is CC[C@H](C)[C@@H]1CCCN(CCN2CCOCC2)C1=O. The molecule has 2 aliphatic rings. The van der Waals surface area contributed by atoms with Crippen molar-refractivity contribution in [3.05, 3.63) is 0 Å². The van der Waals surface area contributed by atoms with E-state index in [2.05, 4.69) is 23.6 Å². The third-order valence-corrected chi connectivity index (χ3v) is 4.69. The number of carbonyl (C=O) groups excluding carboxylic acids is 1. The van der Waals surface area contributed by atoms with Gasteiger partial charge >= 0.3 is 0 Å². The molecule has 0 aromatic heterocycles. The lowest BCUT2D eigenvalue weighted by atomic mass is 9.84. The average Bonchev–Trinajstić information content (AvgIpc) is 2.46. The Morgan fingerprint density at radius 3 is 2.68 bits per heavy atom. The number of morpholine rings is 1. The highest BCUT2D eigenvalue weighted by atomic mass is 16.5. The summed E-state index contributed by atoms with van der Waals surface area (Å²) in [4.78, 5) is 17.0. The fraction of sp³-hybridized carbons (Fsp3) is 0.933. The van der Waals surface area contributed by atoms with Crippen LogP contribution in [-0.4, -0.2) is 61.6 Å². The van der Waals surface area contributed by atoms with Gasteiger partial charge in [-0.2, -0.15) is 0 Å². The minimum absolute atomic E-state index is 0.267. The number of nitrogens with zero attached hydrogens (tertiary/aromatic N) is 2. The molecule has 0 unspecified atom stereocenters. The molecule has 4 nitrogen and oxygen atoms in total. The van der Waals surface area contributed by atoms with Crippen LogP contribution >= 0.6 is 0 Å². The molecule has 0 aromatic rings. The molecule has 2 fully saturated rings. The topological polar surface area (TPSA) is 32.8 Å². The van der Waals surface area contributed by atoms with Crippen molar-refractivity contribution in [2.45, 2.75) is 33.1 Å². The number of hydrogen-bond acceptors (Lipinski definition) is 3. The molecule has 0 N–H and O–H groups in total. The van der Waals surface area contributed by atoms with Crippen LogP contribution in [0.4, 0.5) is 0 Å². The summed E-state index contributed by atoms with van der Waals surface area (Å²) in [6, 6.07) is 0. The van der Waals surface area contributed by atoms with Crippen molar-refractivity contribution >= 4 is 5.91 Å². The van der Waals surface area contributed by atoms with Gasteiger partial charge in [0.25, 0.3) is 0 Å². The summed E-state index contributed by atoms with van der Waals surface area (Å²) < 4.78 is 5.35. The predicted molar refractivity (Wildman–Crippen MR) is 76.0 cm³/mol. The Kier molecular flexibility index (Phi) is 5.64. The minimum atomic E-state index is 0.267. The first-order chi connectivity index (χ1) is 9.22. The van der Waals surface area contributed by atoms with E-state index in [0.717, 1.165) is 58.8 Å². The normalized spacial score (nSPS) is 27.6. The van der Waals surface area contributed by atoms with Crippen LogP contribution in [0.1, 0.15) is 33.1 Å². The Balaban J connectivity index is 1.80. The number of likely N-dealkylation sites (tertiary alicyclic amines) is 1. The molecule has 2 aliphatic heterocycles. The zero-order valence-corrected chi connectivity index (χ0v) is 12.4. The maximum Gasteiger partial charge on any atom is 0.225 e. The highest BCUT2D eigenvalue weighted by Gasteiger charge is 2.31. The van der Waals surface area contributed by atoms with Gasteiger partial charge in [-0.1, -0.05) is 20.3 Å². The predicted octanol–water partition coefficient (Wildman–Crippen LogP) is 1.60. The molecule has 0 radical (unpaired) electrons. The van der Waals surface area contributed by atoms with E-state index in [0.29, 0.717) is 11.8 Å². The van der Waals surface area contributed by atoms with Crippen molar-refractivity contribution in [2.75, 3.05) is 45.9 Å². The summed E-state index contributed by atoms with van der Waals surface area (Å²) in [6.45, 7) is 10.9. The zero-order valence-electron chi connectivity index (χ0n) is 12.4. The molecule has 2 saturated heterocycles. The van der Waals surface area contributed by atoms with Crippen LogP contribution in [0.15, 0.2) is 0 Å². The lowest BCUT2D eigenvalue weighted by molar-refractivity contribution is -0.140. The van der Waals surface area contributed by atoms with E-state index in [1.54, 1.807) is 0 Å². The summed E-state index contributed by atoms with van der Waals surface area (Å²) in [5.41, 5.74) is 0. The van der Waals surface area contributed by atoms with Crippen molar-refractivity contribution < 1.29 is 9.53 Å². The number of rotatable bonds is 5. The summed E-state index contributed by atoms with van der Waals surface area (Å²) in [5.74, 6) is 1.19. The van der Waals surface area contributed by atoms with Gasteiger partial charge in [-0.05, 0) is 18.8 Å². The van der Waals surface area contributed by atoms with Crippen LogP contribution in [0.5, 0.6) is 0 Å². The zero-order chi connectivity index (χ0) is 13.7. The van der Waals surface area contributed by atoms with Crippen LogP contribution < -0.4 is 0 Å². The molecule has 0 aromatic carbocycles. The molecule has 2 atom stereocenters. The van der Waals surface area contributed by atoms with E-state index in [-0.39, 0.29) is 5.92 Å². The van der Waals surface area contributed by atoms with E-state index >= 15 is 0 Å². The smallest absolute Gasteiger partial charge is 0.225 e. The van der Waals surface area contributed by atoms with Gasteiger partial charge in [-0.25, -0.2) is 0 Å². The second-order valence-corrected chi connectivity index (χ2v) is 5.91. The van der Waals surface area contributed by atoms with Crippen molar-refractivity contribution in [1.29, 1.82) is 0 Å². The van der Waals surface area contributed by atoms with Crippen molar-refractivity contribution in [3.8, 4) is 0 Å². The molecular weight excluding hydrogens is 240 g/mol. The van der Waals surface area contributed by atoms with E-state index in [9.17, 15) is 4.79 Å². The highest BCUT2D eigenvalue weighted by molar-refractivity contribution is 5.79. The largest absolute Gasteiger partial charge is 0.379 e. The molecule has 2 rings (SSSR count). The van der Waals surface area contributed by atoms with Crippen molar-refractivity contribution in [2.24, 2.45) is 11.8 Å². The number of hydrogen-bond donors (Lipinski definition) is 0. The van der Waals surface area contributed by atoms with E-state index in [4.69, 9.17) is 4.74 Å². The van der Waals surface area contributed by atoms with Gasteiger partial charge in [0.1, 0.15) is 0 Å². The number of amides is 1. The summed E-state index contributed by atoms with van der Waals surface area (Å²) in [7, 11) is 0. The molecule has 0 bridgehead atoms. The lowest BCUT2D eigenvalue weighted by Gasteiger charge is -2.36. The van der Waals surface area contributed by atoms with Gasteiger partial charge in [0.2, 0.25) is 5.91 Å². The molecule has 0 spiro atoms. The van der Waals surface area contributed by atoms with Crippen LogP contribution in [0.3, 0.4) is 0 Å². The molecule has 4 heteroatoms. The van der Waals surface area contributed by atoms with Crippen molar-refractivity contribution in [1.82, 2.24) is 9.80 Å². The van der Waals surface area contributed by atoms with E-state index in [1.165, 1.54) is 6.42 Å². The number of piperidine rings is 1. The first-order valence-electron chi connectivity index (χ1n) is 7.81. The standard InChI is InChI=1S/C15H28N2O2/c1-3-13(2)14-5-4-6-17(15(14)18)8-7-16-9-11-19-12-10-16/h13-14H,3-12H2,1-2H3/t13-,14-/m0/s1. The van der Waals surface area contributed by atoms with Crippen LogP contribution in [-0.2, 0) is 9.53 Å². The second-order valence-electron chi connectivity index (χ2n) is 5.91. The Bertz CT molecular complexity index is 290. The average molecular weight is 268 g/mol. The van der Waals surface area contributed by atoms with Crippen LogP contribution in [0, 0.1) is 11.8 Å². The number of ether oxygens (including phenoxy) is 1. The van der Waals surface area contributed by atoms with Crippen LogP contribution in [0.25, 0.3) is 0 Å². The first-order valence-corrected chi connectivity index (χ1v) is 7.81. The minimum Gasteiger partial charge on any atom is -0.379 e. The maximum absolute atomic E-state index is 12.5. The summed E-state index contributed by atoms with van der Waals surface area (Å²) >= 11 is 0. The first kappa shape index (κ1) is 14.8. The molecule has 0 saturated carbocycles. The lowest BCUT2D eigenvalue weighted by Crippen LogP contribution is -2.48. The van der Waals surface area contributed by atoms with Gasteiger partial charge < -0.3 is 9.64 Å². The third-order valence-electron chi connectivity index (χ3n) is 4.69. The molecule has 0 aliphatic carbocycles. The van der Waals surface area contributed by atoms with Crippen molar-refractivity contribution in [3.63, 3.8) is 0 Å². The van der Waals surface area contributed by atoms with Gasteiger partial charge in [0, 0.05) is 38.6 Å². The second kappa shape index (κ2) is 7.25. The Morgan fingerprint density at radius 2 is 2.00 bits per heavy atom. The van der Waals surface area contributed by atoms with Crippen LogP contribution in [0.2, 0.25) is 0 Å². The monoisotopic (exact) mass is 268 g/mol. The quantitative estimate of drug-likeness (QED) is 0.759. The van der Waals surface area contributed by atoms with Gasteiger partial charge in [0.05, 0.1) is 13.2 Å². The third kappa shape index (κ3) is 3.93. The number of carbonyl (C=O) groups is 1. The summed E-state index contributed by atoms with van der Waals surface area (Å²) in [5, 5.41) is 0. The Hall–Kier alpha value is -0.610. The molecule has 110 valence electrons. The van der Waals surface area contributed by atoms with Gasteiger partial charge in [0.15, 0.2) is 0 Å². The Morgan fingerprint density at radius 1 is 1.26 bits per heavy atom.